The first-order valence-corrected chi connectivity index (χ1v) is 9.34. The SMILES string of the molecule is COc1ccc(Br)cc1S(=O)(=O)Nc1ccc(Br)c(C(F)(F)F)c1. The van der Waals surface area contributed by atoms with Gasteiger partial charge in [0, 0.05) is 14.6 Å². The predicted octanol–water partition coefficient (Wildman–Crippen LogP) is 5.04. The average molecular weight is 489 g/mol. The van der Waals surface area contributed by atoms with Gasteiger partial charge >= 0.3 is 6.18 Å². The van der Waals surface area contributed by atoms with Crippen LogP contribution in [0.3, 0.4) is 0 Å². The minimum atomic E-state index is -4.62. The molecule has 0 atom stereocenters. The third-order valence-electron chi connectivity index (χ3n) is 2.94. The van der Waals surface area contributed by atoms with E-state index < -0.39 is 21.8 Å². The summed E-state index contributed by atoms with van der Waals surface area (Å²) in [5.41, 5.74) is -1.20. The van der Waals surface area contributed by atoms with Gasteiger partial charge in [0.1, 0.15) is 10.6 Å². The molecule has 130 valence electrons. The summed E-state index contributed by atoms with van der Waals surface area (Å²) in [6.45, 7) is 0. The molecular weight excluding hydrogens is 479 g/mol. The molecular formula is C14H10Br2F3NO3S. The van der Waals surface area contributed by atoms with Gasteiger partial charge in [-0.1, -0.05) is 31.9 Å². The van der Waals surface area contributed by atoms with Gasteiger partial charge in [0.05, 0.1) is 12.7 Å². The van der Waals surface area contributed by atoms with Crippen molar-refractivity contribution in [1.82, 2.24) is 0 Å². The second-order valence-electron chi connectivity index (χ2n) is 4.59. The lowest BCUT2D eigenvalue weighted by Gasteiger charge is -2.14. The van der Waals surface area contributed by atoms with Crippen LogP contribution in [0.15, 0.2) is 50.2 Å². The van der Waals surface area contributed by atoms with Crippen LogP contribution >= 0.6 is 31.9 Å². The van der Waals surface area contributed by atoms with Gasteiger partial charge < -0.3 is 4.74 Å². The second-order valence-corrected chi connectivity index (χ2v) is 8.01. The first-order valence-electron chi connectivity index (χ1n) is 6.27. The van der Waals surface area contributed by atoms with Crippen molar-refractivity contribution in [3.63, 3.8) is 0 Å². The minimum Gasteiger partial charge on any atom is -0.495 e. The Bertz CT molecular complexity index is 870. The van der Waals surface area contributed by atoms with Crippen LogP contribution in [0.5, 0.6) is 5.75 Å². The Morgan fingerprint density at radius 3 is 2.33 bits per heavy atom. The first-order chi connectivity index (χ1) is 11.0. The third kappa shape index (κ3) is 4.22. The second kappa shape index (κ2) is 6.93. The monoisotopic (exact) mass is 487 g/mol. The Labute approximate surface area is 153 Å². The molecule has 0 amide bonds. The number of alkyl halides is 3. The normalized spacial score (nSPS) is 12.1. The van der Waals surface area contributed by atoms with Crippen LogP contribution < -0.4 is 9.46 Å². The van der Waals surface area contributed by atoms with Gasteiger partial charge in [-0.05, 0) is 36.4 Å². The van der Waals surface area contributed by atoms with Crippen molar-refractivity contribution in [3.05, 3.63) is 50.9 Å². The molecule has 0 aliphatic carbocycles. The molecule has 0 unspecified atom stereocenters. The van der Waals surface area contributed by atoms with Gasteiger partial charge in [-0.3, -0.25) is 4.72 Å². The van der Waals surface area contributed by atoms with Crippen molar-refractivity contribution in [2.45, 2.75) is 11.1 Å². The number of hydrogen-bond acceptors (Lipinski definition) is 3. The van der Waals surface area contributed by atoms with E-state index >= 15 is 0 Å². The van der Waals surface area contributed by atoms with Gasteiger partial charge in [0.2, 0.25) is 0 Å². The Kier molecular flexibility index (Phi) is 5.50. The van der Waals surface area contributed by atoms with E-state index in [2.05, 4.69) is 36.6 Å². The lowest BCUT2D eigenvalue weighted by molar-refractivity contribution is -0.138. The molecule has 2 aromatic carbocycles. The fourth-order valence-electron chi connectivity index (χ4n) is 1.88. The zero-order chi connectivity index (χ0) is 18.1. The molecule has 0 aliphatic rings. The molecule has 4 nitrogen and oxygen atoms in total. The maximum absolute atomic E-state index is 12.9. The smallest absolute Gasteiger partial charge is 0.417 e. The summed E-state index contributed by atoms with van der Waals surface area (Å²) in [7, 11) is -2.85. The van der Waals surface area contributed by atoms with Gasteiger partial charge in [0.25, 0.3) is 10.0 Å². The van der Waals surface area contributed by atoms with E-state index in [0.29, 0.717) is 10.5 Å². The lowest BCUT2D eigenvalue weighted by Crippen LogP contribution is -2.15. The van der Waals surface area contributed by atoms with Crippen molar-refractivity contribution in [3.8, 4) is 5.75 Å². The van der Waals surface area contributed by atoms with E-state index in [0.717, 1.165) is 6.07 Å². The summed E-state index contributed by atoms with van der Waals surface area (Å²) in [5, 5.41) is 0. The van der Waals surface area contributed by atoms with Gasteiger partial charge in [-0.15, -0.1) is 0 Å². The first kappa shape index (κ1) is 19.1. The van der Waals surface area contributed by atoms with Crippen molar-refractivity contribution < 1.29 is 26.3 Å². The number of ether oxygens (including phenoxy) is 1. The van der Waals surface area contributed by atoms with Crippen molar-refractivity contribution in [2.75, 3.05) is 11.8 Å². The van der Waals surface area contributed by atoms with Crippen LogP contribution in [-0.4, -0.2) is 15.5 Å². The average Bonchev–Trinajstić information content (AvgIpc) is 2.48. The van der Waals surface area contributed by atoms with E-state index in [9.17, 15) is 21.6 Å². The molecule has 0 aliphatic heterocycles. The van der Waals surface area contributed by atoms with E-state index in [1.807, 2.05) is 0 Å². The van der Waals surface area contributed by atoms with Crippen molar-refractivity contribution in [2.24, 2.45) is 0 Å². The van der Waals surface area contributed by atoms with Crippen molar-refractivity contribution >= 4 is 47.6 Å². The maximum atomic E-state index is 12.9. The summed E-state index contributed by atoms with van der Waals surface area (Å²) >= 11 is 5.95. The topological polar surface area (TPSA) is 55.4 Å². The number of halogens is 5. The van der Waals surface area contributed by atoms with E-state index in [1.54, 1.807) is 6.07 Å². The predicted molar refractivity (Wildman–Crippen MR) is 90.6 cm³/mol. The number of rotatable bonds is 4. The molecule has 2 aromatic rings. The van der Waals surface area contributed by atoms with Crippen LogP contribution in [0.25, 0.3) is 0 Å². The molecule has 2 rings (SSSR count). The molecule has 0 radical (unpaired) electrons. The number of anilines is 1. The minimum absolute atomic E-state index is 0.0684. The highest BCUT2D eigenvalue weighted by atomic mass is 79.9. The Morgan fingerprint density at radius 1 is 1.08 bits per heavy atom. The highest BCUT2D eigenvalue weighted by Crippen LogP contribution is 2.37. The number of benzene rings is 2. The molecule has 0 heterocycles. The molecule has 0 spiro atoms. The summed E-state index contributed by atoms with van der Waals surface area (Å²) in [6, 6.07) is 7.37. The maximum Gasteiger partial charge on any atom is 0.417 e. The third-order valence-corrected chi connectivity index (χ3v) is 5.53. The number of nitrogens with one attached hydrogen (secondary N) is 1. The summed E-state index contributed by atoms with van der Waals surface area (Å²) in [6.07, 6.45) is -4.62. The number of sulfonamides is 1. The zero-order valence-corrected chi connectivity index (χ0v) is 16.0. The molecule has 24 heavy (non-hydrogen) atoms. The van der Waals surface area contributed by atoms with Gasteiger partial charge in [0.15, 0.2) is 0 Å². The zero-order valence-electron chi connectivity index (χ0n) is 12.0. The highest BCUT2D eigenvalue weighted by molar-refractivity contribution is 9.10. The van der Waals surface area contributed by atoms with Gasteiger partial charge in [-0.2, -0.15) is 13.2 Å². The van der Waals surface area contributed by atoms with Crippen LogP contribution in [0, 0.1) is 0 Å². The quantitative estimate of drug-likeness (QED) is 0.655. The van der Waals surface area contributed by atoms with Crippen molar-refractivity contribution in [1.29, 1.82) is 0 Å². The molecule has 0 saturated heterocycles. The molecule has 0 bridgehead atoms. The summed E-state index contributed by atoms with van der Waals surface area (Å²) in [5.74, 6) is 0.0684. The summed E-state index contributed by atoms with van der Waals surface area (Å²) in [4.78, 5) is -0.198. The molecule has 0 fully saturated rings. The van der Waals surface area contributed by atoms with Crippen LogP contribution in [-0.2, 0) is 16.2 Å². The number of hydrogen-bond donors (Lipinski definition) is 1. The molecule has 0 saturated carbocycles. The molecule has 10 heteroatoms. The van der Waals surface area contributed by atoms with Gasteiger partial charge in [-0.25, -0.2) is 8.42 Å². The van der Waals surface area contributed by atoms with Crippen LogP contribution in [0.2, 0.25) is 0 Å². The Balaban J connectivity index is 2.46. The highest BCUT2D eigenvalue weighted by Gasteiger charge is 2.33. The largest absolute Gasteiger partial charge is 0.495 e. The standard InChI is InChI=1S/C14H10Br2F3NO3S/c1-23-12-5-2-8(15)6-13(12)24(21,22)20-9-3-4-11(16)10(7-9)14(17,18)19/h2-7,20H,1H3. The molecule has 0 aromatic heterocycles. The van der Waals surface area contributed by atoms with Crippen LogP contribution in [0.4, 0.5) is 18.9 Å². The Morgan fingerprint density at radius 2 is 1.75 bits per heavy atom. The Hall–Kier alpha value is -1.26. The lowest BCUT2D eigenvalue weighted by atomic mass is 10.2. The number of methoxy groups -OCH3 is 1. The fourth-order valence-corrected chi connectivity index (χ4v) is 4.11. The van der Waals surface area contributed by atoms with E-state index in [4.69, 9.17) is 4.74 Å². The van der Waals surface area contributed by atoms with Crippen LogP contribution in [0.1, 0.15) is 5.56 Å². The molecule has 1 N–H and O–H groups in total. The summed E-state index contributed by atoms with van der Waals surface area (Å²) < 4.78 is 71.1. The fraction of sp³-hybridized carbons (Fsp3) is 0.143. The van der Waals surface area contributed by atoms with E-state index in [-0.39, 0.29) is 20.8 Å². The van der Waals surface area contributed by atoms with E-state index in [1.165, 1.54) is 25.3 Å².